The Morgan fingerprint density at radius 1 is 1.44 bits per heavy atom. The van der Waals surface area contributed by atoms with Crippen LogP contribution in [0.25, 0.3) is 11.8 Å². The molecule has 0 unspecified atom stereocenters. The number of likely N-dealkylation sites (N-methyl/N-ethyl adjacent to an activating group) is 2. The van der Waals surface area contributed by atoms with Gasteiger partial charge >= 0.3 is 0 Å². The first-order valence-electron chi connectivity index (χ1n) is 5.47. The highest BCUT2D eigenvalue weighted by Gasteiger charge is 2.06. The minimum Gasteiger partial charge on any atom is -0.373 e. The van der Waals surface area contributed by atoms with Crippen molar-refractivity contribution in [3.8, 4) is 0 Å². The average molecular weight is 216 g/mol. The highest BCUT2D eigenvalue weighted by molar-refractivity contribution is 5.71. The molecule has 0 aliphatic carbocycles. The van der Waals surface area contributed by atoms with Crippen molar-refractivity contribution >= 4 is 11.8 Å². The van der Waals surface area contributed by atoms with Gasteiger partial charge in [0.05, 0.1) is 0 Å². The van der Waals surface area contributed by atoms with E-state index >= 15 is 0 Å². The zero-order valence-corrected chi connectivity index (χ0v) is 10.2. The minimum absolute atomic E-state index is 0.945. The largest absolute Gasteiger partial charge is 0.373 e. The van der Waals surface area contributed by atoms with Gasteiger partial charge in [-0.3, -0.25) is 0 Å². The third-order valence-electron chi connectivity index (χ3n) is 2.65. The first-order chi connectivity index (χ1) is 7.70. The number of nitrogens with one attached hydrogen (secondary N) is 1. The summed E-state index contributed by atoms with van der Waals surface area (Å²) < 4.78 is 0. The van der Waals surface area contributed by atoms with Gasteiger partial charge in [-0.1, -0.05) is 43.5 Å². The lowest BCUT2D eigenvalue weighted by molar-refractivity contribution is 0.474. The first-order valence-corrected chi connectivity index (χ1v) is 5.47. The molecule has 0 saturated heterocycles. The number of hydrogen-bond donors (Lipinski definition) is 1. The fourth-order valence-corrected chi connectivity index (χ4v) is 1.56. The second kappa shape index (κ2) is 6.13. The van der Waals surface area contributed by atoms with Gasteiger partial charge < -0.3 is 10.2 Å². The van der Waals surface area contributed by atoms with Crippen LogP contribution in [0.2, 0.25) is 0 Å². The maximum Gasteiger partial charge on any atom is 0.0370 e. The molecule has 0 bridgehead atoms. The van der Waals surface area contributed by atoms with E-state index in [0.29, 0.717) is 0 Å². The zero-order chi connectivity index (χ0) is 12.0. The van der Waals surface area contributed by atoms with Crippen LogP contribution in [0.4, 0.5) is 0 Å². The predicted molar refractivity (Wildman–Crippen MR) is 72.1 cm³/mol. The molecule has 86 valence electrons. The smallest absolute Gasteiger partial charge is 0.0370 e. The van der Waals surface area contributed by atoms with Crippen LogP contribution < -0.4 is 5.32 Å². The lowest BCUT2D eigenvalue weighted by Gasteiger charge is -2.23. The van der Waals surface area contributed by atoms with Crippen LogP contribution in [-0.4, -0.2) is 32.1 Å². The van der Waals surface area contributed by atoms with E-state index < -0.39 is 0 Å². The topological polar surface area (TPSA) is 15.3 Å². The Morgan fingerprint density at radius 3 is 2.75 bits per heavy atom. The van der Waals surface area contributed by atoms with Gasteiger partial charge in [0, 0.05) is 31.4 Å². The molecule has 0 radical (unpaired) electrons. The lowest BCUT2D eigenvalue weighted by atomic mass is 10.0. The average Bonchev–Trinajstić information content (AvgIpc) is 2.34. The molecule has 1 aromatic rings. The zero-order valence-electron chi connectivity index (χ0n) is 10.2. The van der Waals surface area contributed by atoms with Crippen LogP contribution >= 0.6 is 0 Å². The summed E-state index contributed by atoms with van der Waals surface area (Å²) in [4.78, 5) is 2.15. The molecular weight excluding hydrogens is 196 g/mol. The third kappa shape index (κ3) is 2.97. The Balaban J connectivity index is 2.83. The number of rotatable bonds is 6. The Bertz CT molecular complexity index is 369. The lowest BCUT2D eigenvalue weighted by Crippen LogP contribution is -2.26. The van der Waals surface area contributed by atoms with Crippen LogP contribution in [0.5, 0.6) is 0 Å². The summed E-state index contributed by atoms with van der Waals surface area (Å²) in [5, 5.41) is 3.13. The minimum atomic E-state index is 0.945. The maximum absolute atomic E-state index is 4.14. The van der Waals surface area contributed by atoms with E-state index in [2.05, 4.69) is 42.6 Å². The van der Waals surface area contributed by atoms with Gasteiger partial charge in [-0.15, -0.1) is 0 Å². The molecule has 0 spiro atoms. The molecule has 0 fully saturated rings. The number of benzene rings is 1. The number of hydrogen-bond acceptors (Lipinski definition) is 2. The van der Waals surface area contributed by atoms with Crippen molar-refractivity contribution in [2.45, 2.75) is 0 Å². The van der Waals surface area contributed by atoms with Crippen LogP contribution in [0.1, 0.15) is 11.1 Å². The van der Waals surface area contributed by atoms with E-state index in [0.717, 1.165) is 29.9 Å². The molecule has 0 aliphatic heterocycles. The van der Waals surface area contributed by atoms with Gasteiger partial charge in [-0.25, -0.2) is 0 Å². The van der Waals surface area contributed by atoms with E-state index in [4.69, 9.17) is 0 Å². The van der Waals surface area contributed by atoms with Crippen molar-refractivity contribution in [1.29, 1.82) is 0 Å². The van der Waals surface area contributed by atoms with Gasteiger partial charge in [0.25, 0.3) is 0 Å². The van der Waals surface area contributed by atoms with Gasteiger partial charge in [-0.2, -0.15) is 0 Å². The summed E-state index contributed by atoms with van der Waals surface area (Å²) in [5.74, 6) is 0. The SMILES string of the molecule is C=Cc1ccccc1C(=C)N(C)CCNC. The van der Waals surface area contributed by atoms with E-state index in [1.54, 1.807) is 0 Å². The summed E-state index contributed by atoms with van der Waals surface area (Å²) in [6.07, 6.45) is 1.87. The molecule has 0 aromatic heterocycles. The quantitative estimate of drug-likeness (QED) is 0.785. The van der Waals surface area contributed by atoms with E-state index in [1.165, 1.54) is 0 Å². The summed E-state index contributed by atoms with van der Waals surface area (Å²) >= 11 is 0. The Labute approximate surface area is 98.3 Å². The molecule has 1 aromatic carbocycles. The Hall–Kier alpha value is -1.54. The second-order valence-electron chi connectivity index (χ2n) is 3.76. The standard InChI is InChI=1S/C14H20N2/c1-5-13-8-6-7-9-14(13)12(2)16(4)11-10-15-3/h5-9,15H,1-2,10-11H2,3-4H3. The van der Waals surface area contributed by atoms with Crippen molar-refractivity contribution in [2.75, 3.05) is 27.2 Å². The van der Waals surface area contributed by atoms with Gasteiger partial charge in [-0.05, 0) is 12.6 Å². The molecule has 2 nitrogen and oxygen atoms in total. The van der Waals surface area contributed by atoms with Crippen LogP contribution in [0.3, 0.4) is 0 Å². The van der Waals surface area contributed by atoms with Crippen LogP contribution in [0.15, 0.2) is 37.4 Å². The summed E-state index contributed by atoms with van der Waals surface area (Å²) in [6, 6.07) is 8.18. The summed E-state index contributed by atoms with van der Waals surface area (Å²) in [5.41, 5.74) is 3.31. The van der Waals surface area contributed by atoms with Crippen molar-refractivity contribution < 1.29 is 0 Å². The molecule has 0 saturated carbocycles. The van der Waals surface area contributed by atoms with E-state index in [1.807, 2.05) is 25.3 Å². The molecule has 1 rings (SSSR count). The van der Waals surface area contributed by atoms with E-state index in [9.17, 15) is 0 Å². The Kier molecular flexibility index (Phi) is 4.80. The number of nitrogens with zero attached hydrogens (tertiary/aromatic N) is 1. The first kappa shape index (κ1) is 12.5. The molecular formula is C14H20N2. The van der Waals surface area contributed by atoms with Gasteiger partial charge in [0.2, 0.25) is 0 Å². The molecule has 0 aliphatic rings. The van der Waals surface area contributed by atoms with Crippen molar-refractivity contribution in [1.82, 2.24) is 10.2 Å². The maximum atomic E-state index is 4.14. The molecule has 2 heteroatoms. The predicted octanol–water partition coefficient (Wildman–Crippen LogP) is 2.45. The third-order valence-corrected chi connectivity index (χ3v) is 2.65. The fourth-order valence-electron chi connectivity index (χ4n) is 1.56. The monoisotopic (exact) mass is 216 g/mol. The second-order valence-corrected chi connectivity index (χ2v) is 3.76. The van der Waals surface area contributed by atoms with E-state index in [-0.39, 0.29) is 0 Å². The summed E-state index contributed by atoms with van der Waals surface area (Å²) in [7, 11) is 4.01. The normalized spacial score (nSPS) is 9.88. The fraction of sp³-hybridized carbons (Fsp3) is 0.286. The van der Waals surface area contributed by atoms with Crippen LogP contribution in [0, 0.1) is 0 Å². The Morgan fingerprint density at radius 2 is 2.12 bits per heavy atom. The van der Waals surface area contributed by atoms with Crippen LogP contribution in [-0.2, 0) is 0 Å². The molecule has 0 amide bonds. The molecule has 0 atom stereocenters. The van der Waals surface area contributed by atoms with Crippen molar-refractivity contribution in [2.24, 2.45) is 0 Å². The van der Waals surface area contributed by atoms with Gasteiger partial charge in [0.1, 0.15) is 0 Å². The van der Waals surface area contributed by atoms with Gasteiger partial charge in [0.15, 0.2) is 0 Å². The summed E-state index contributed by atoms with van der Waals surface area (Å²) in [6.45, 7) is 9.86. The molecule has 1 N–H and O–H groups in total. The highest BCUT2D eigenvalue weighted by Crippen LogP contribution is 2.20. The van der Waals surface area contributed by atoms with Crippen molar-refractivity contribution in [3.63, 3.8) is 0 Å². The highest BCUT2D eigenvalue weighted by atomic mass is 15.1. The molecule has 0 heterocycles. The molecule has 16 heavy (non-hydrogen) atoms. The van der Waals surface area contributed by atoms with Crippen molar-refractivity contribution in [3.05, 3.63) is 48.6 Å².